The molecule has 0 aliphatic carbocycles. The van der Waals surface area contributed by atoms with Crippen molar-refractivity contribution in [2.45, 2.75) is 39.0 Å². The summed E-state index contributed by atoms with van der Waals surface area (Å²) in [6.07, 6.45) is 1.76. The summed E-state index contributed by atoms with van der Waals surface area (Å²) in [7, 11) is 1.76. The van der Waals surface area contributed by atoms with Gasteiger partial charge in [0.25, 0.3) is 0 Å². The molecule has 2 N–H and O–H groups in total. The largest absolute Gasteiger partial charge is 0.490 e. The maximum Gasteiger partial charge on any atom is 0.195 e. The minimum Gasteiger partial charge on any atom is -0.490 e. The van der Waals surface area contributed by atoms with E-state index >= 15 is 0 Å². The van der Waals surface area contributed by atoms with E-state index in [1.54, 1.807) is 18.4 Å². The van der Waals surface area contributed by atoms with Crippen molar-refractivity contribution >= 4 is 23.0 Å². The van der Waals surface area contributed by atoms with Crippen molar-refractivity contribution in [3.05, 3.63) is 34.3 Å². The zero-order chi connectivity index (χ0) is 19.3. The Balaban J connectivity index is 1.54. The number of thiazole rings is 1. The summed E-state index contributed by atoms with van der Waals surface area (Å²) in [6, 6.07) is 5.85. The number of anilines is 1. The van der Waals surface area contributed by atoms with Gasteiger partial charge in [0, 0.05) is 49.0 Å². The SMILES string of the molecule is CN=C(NCCc1nc(C(C)(C)C)cs1)Nc1ccc2c(c1)OCCCO2. The van der Waals surface area contributed by atoms with Crippen LogP contribution < -0.4 is 20.1 Å². The highest BCUT2D eigenvalue weighted by atomic mass is 32.1. The fourth-order valence-corrected chi connectivity index (χ4v) is 3.64. The molecule has 0 saturated heterocycles. The van der Waals surface area contributed by atoms with Gasteiger partial charge in [-0.15, -0.1) is 11.3 Å². The lowest BCUT2D eigenvalue weighted by Crippen LogP contribution is -2.32. The van der Waals surface area contributed by atoms with Gasteiger partial charge in [0.05, 0.1) is 23.9 Å². The summed E-state index contributed by atoms with van der Waals surface area (Å²) in [5.74, 6) is 2.28. The van der Waals surface area contributed by atoms with E-state index in [2.05, 4.69) is 41.8 Å². The molecule has 1 aromatic carbocycles. The van der Waals surface area contributed by atoms with Crippen LogP contribution in [0.2, 0.25) is 0 Å². The molecule has 0 amide bonds. The van der Waals surface area contributed by atoms with Crippen molar-refractivity contribution in [1.82, 2.24) is 10.3 Å². The Labute approximate surface area is 165 Å². The van der Waals surface area contributed by atoms with E-state index < -0.39 is 0 Å². The van der Waals surface area contributed by atoms with Gasteiger partial charge < -0.3 is 20.1 Å². The zero-order valence-electron chi connectivity index (χ0n) is 16.5. The number of fused-ring (bicyclic) bond motifs is 1. The average Bonchev–Trinajstić information content (AvgIpc) is 2.99. The summed E-state index contributed by atoms with van der Waals surface area (Å²) in [6.45, 7) is 8.69. The van der Waals surface area contributed by atoms with E-state index in [0.717, 1.165) is 53.2 Å². The van der Waals surface area contributed by atoms with Gasteiger partial charge in [-0.05, 0) is 12.1 Å². The first-order valence-corrected chi connectivity index (χ1v) is 10.2. The van der Waals surface area contributed by atoms with Crippen LogP contribution in [0.15, 0.2) is 28.6 Å². The molecule has 6 nitrogen and oxygen atoms in total. The lowest BCUT2D eigenvalue weighted by molar-refractivity contribution is 0.297. The predicted molar refractivity (Wildman–Crippen MR) is 112 cm³/mol. The van der Waals surface area contributed by atoms with Crippen molar-refractivity contribution in [2.75, 3.05) is 32.1 Å². The smallest absolute Gasteiger partial charge is 0.195 e. The Morgan fingerprint density at radius 2 is 2.00 bits per heavy atom. The molecule has 1 aliphatic heterocycles. The third-order valence-corrected chi connectivity index (χ3v) is 5.09. The molecule has 0 fully saturated rings. The van der Waals surface area contributed by atoms with Crippen LogP contribution in [0.4, 0.5) is 5.69 Å². The molecule has 0 bridgehead atoms. The summed E-state index contributed by atoms with van der Waals surface area (Å²) >= 11 is 1.72. The Morgan fingerprint density at radius 3 is 2.70 bits per heavy atom. The first kappa shape index (κ1) is 19.5. The van der Waals surface area contributed by atoms with E-state index in [1.807, 2.05) is 18.2 Å². The molecule has 0 saturated carbocycles. The van der Waals surface area contributed by atoms with Crippen LogP contribution in [0.5, 0.6) is 11.5 Å². The molecule has 0 atom stereocenters. The second kappa shape index (κ2) is 8.61. The Kier molecular flexibility index (Phi) is 6.21. The minimum atomic E-state index is 0.0941. The molecule has 7 heteroatoms. The highest BCUT2D eigenvalue weighted by Gasteiger charge is 2.17. The highest BCUT2D eigenvalue weighted by Crippen LogP contribution is 2.32. The van der Waals surface area contributed by atoms with Gasteiger partial charge in [-0.25, -0.2) is 4.98 Å². The van der Waals surface area contributed by atoms with E-state index in [0.29, 0.717) is 13.2 Å². The maximum atomic E-state index is 5.74. The fourth-order valence-electron chi connectivity index (χ4n) is 2.61. The van der Waals surface area contributed by atoms with Crippen LogP contribution in [-0.4, -0.2) is 37.7 Å². The van der Waals surface area contributed by atoms with Gasteiger partial charge >= 0.3 is 0 Å². The van der Waals surface area contributed by atoms with Gasteiger partial charge in [0.2, 0.25) is 0 Å². The zero-order valence-corrected chi connectivity index (χ0v) is 17.3. The second-order valence-electron chi connectivity index (χ2n) is 7.46. The molecule has 27 heavy (non-hydrogen) atoms. The maximum absolute atomic E-state index is 5.74. The summed E-state index contributed by atoms with van der Waals surface area (Å²) in [5, 5.41) is 9.93. The Morgan fingerprint density at radius 1 is 1.22 bits per heavy atom. The Hall–Kier alpha value is -2.28. The van der Waals surface area contributed by atoms with E-state index in [-0.39, 0.29) is 5.41 Å². The number of ether oxygens (including phenoxy) is 2. The van der Waals surface area contributed by atoms with Crippen LogP contribution in [-0.2, 0) is 11.8 Å². The molecule has 1 aliphatic rings. The van der Waals surface area contributed by atoms with Crippen molar-refractivity contribution < 1.29 is 9.47 Å². The van der Waals surface area contributed by atoms with Gasteiger partial charge in [-0.1, -0.05) is 20.8 Å². The standard InChI is InChI=1S/C20H28N4O2S/c1-20(2,3)17-13-27-18(24-17)8-9-22-19(21-4)23-14-6-7-15-16(12-14)26-11-5-10-25-15/h6-7,12-13H,5,8-11H2,1-4H3,(H2,21,22,23). The van der Waals surface area contributed by atoms with Crippen molar-refractivity contribution in [3.63, 3.8) is 0 Å². The predicted octanol–water partition coefficient (Wildman–Crippen LogP) is 3.83. The second-order valence-corrected chi connectivity index (χ2v) is 8.41. The number of hydrogen-bond donors (Lipinski definition) is 2. The van der Waals surface area contributed by atoms with Gasteiger partial charge in [-0.2, -0.15) is 0 Å². The number of nitrogens with one attached hydrogen (secondary N) is 2. The normalized spacial score (nSPS) is 14.6. The number of hydrogen-bond acceptors (Lipinski definition) is 5. The van der Waals surface area contributed by atoms with E-state index in [9.17, 15) is 0 Å². The quantitative estimate of drug-likeness (QED) is 0.615. The van der Waals surface area contributed by atoms with Gasteiger partial charge in [0.1, 0.15) is 0 Å². The van der Waals surface area contributed by atoms with Crippen LogP contribution in [0.1, 0.15) is 37.9 Å². The molecule has 146 valence electrons. The van der Waals surface area contributed by atoms with E-state index in [1.165, 1.54) is 0 Å². The van der Waals surface area contributed by atoms with Gasteiger partial charge in [0.15, 0.2) is 17.5 Å². The number of aromatic nitrogens is 1. The monoisotopic (exact) mass is 388 g/mol. The first-order valence-electron chi connectivity index (χ1n) is 9.28. The molecular weight excluding hydrogens is 360 g/mol. The van der Waals surface area contributed by atoms with Crippen molar-refractivity contribution in [1.29, 1.82) is 0 Å². The summed E-state index contributed by atoms with van der Waals surface area (Å²) < 4.78 is 11.4. The van der Waals surface area contributed by atoms with Crippen molar-refractivity contribution in [2.24, 2.45) is 4.99 Å². The lowest BCUT2D eigenvalue weighted by Gasteiger charge is -2.14. The number of rotatable bonds is 4. The van der Waals surface area contributed by atoms with E-state index in [4.69, 9.17) is 14.5 Å². The minimum absolute atomic E-state index is 0.0941. The molecule has 0 unspecified atom stereocenters. The summed E-state index contributed by atoms with van der Waals surface area (Å²) in [5.41, 5.74) is 2.16. The molecular formula is C20H28N4O2S. The topological polar surface area (TPSA) is 67.8 Å². The van der Waals surface area contributed by atoms with Crippen LogP contribution in [0.25, 0.3) is 0 Å². The third-order valence-electron chi connectivity index (χ3n) is 4.19. The number of guanidine groups is 1. The molecule has 2 aromatic rings. The molecule has 2 heterocycles. The van der Waals surface area contributed by atoms with Crippen LogP contribution in [0, 0.1) is 0 Å². The number of nitrogens with zero attached hydrogens (tertiary/aromatic N) is 2. The number of benzene rings is 1. The summed E-state index contributed by atoms with van der Waals surface area (Å²) in [4.78, 5) is 9.03. The lowest BCUT2D eigenvalue weighted by atomic mass is 9.93. The van der Waals surface area contributed by atoms with Crippen LogP contribution in [0.3, 0.4) is 0 Å². The molecule has 0 radical (unpaired) electrons. The molecule has 3 rings (SSSR count). The third kappa shape index (κ3) is 5.35. The van der Waals surface area contributed by atoms with Gasteiger partial charge in [-0.3, -0.25) is 4.99 Å². The average molecular weight is 389 g/mol. The number of aliphatic imine (C=N–C) groups is 1. The fraction of sp³-hybridized carbons (Fsp3) is 0.500. The highest BCUT2D eigenvalue weighted by molar-refractivity contribution is 7.09. The Bertz CT molecular complexity index is 796. The molecule has 0 spiro atoms. The first-order chi connectivity index (χ1) is 13.0. The van der Waals surface area contributed by atoms with Crippen molar-refractivity contribution in [3.8, 4) is 11.5 Å². The molecule has 1 aromatic heterocycles. The van der Waals surface area contributed by atoms with Crippen LogP contribution >= 0.6 is 11.3 Å².